The number of rotatable bonds is 6. The molecule has 35 heavy (non-hydrogen) atoms. The molecule has 0 unspecified atom stereocenters. The van der Waals surface area contributed by atoms with E-state index in [1.54, 1.807) is 19.1 Å². The van der Waals surface area contributed by atoms with E-state index in [2.05, 4.69) is 10.4 Å². The van der Waals surface area contributed by atoms with E-state index in [4.69, 9.17) is 10.1 Å². The van der Waals surface area contributed by atoms with E-state index in [1.165, 1.54) is 42.1 Å². The summed E-state index contributed by atoms with van der Waals surface area (Å²) >= 11 is 0. The molecule has 1 aliphatic heterocycles. The molecule has 0 spiro atoms. The molecule has 4 rings (SSSR count). The van der Waals surface area contributed by atoms with Gasteiger partial charge >= 0.3 is 0 Å². The summed E-state index contributed by atoms with van der Waals surface area (Å²) in [4.78, 5) is 14.9. The number of aryl methyl sites for hydroxylation is 1. The number of carbonyl (C=O) groups is 1. The van der Waals surface area contributed by atoms with Gasteiger partial charge in [-0.1, -0.05) is 0 Å². The van der Waals surface area contributed by atoms with Crippen LogP contribution in [-0.4, -0.2) is 61.3 Å². The van der Waals surface area contributed by atoms with E-state index in [1.807, 2.05) is 4.90 Å². The normalized spacial score (nSPS) is 13.7. The molecule has 3 aromatic rings. The maximum absolute atomic E-state index is 14.9. The van der Waals surface area contributed by atoms with Crippen molar-refractivity contribution in [2.45, 2.75) is 24.7 Å². The molecular formula is C24H26FN5O4S. The van der Waals surface area contributed by atoms with Crippen LogP contribution < -0.4 is 10.1 Å². The Kier molecular flexibility index (Phi) is 6.62. The lowest BCUT2D eigenvalue weighted by Gasteiger charge is -2.19. The summed E-state index contributed by atoms with van der Waals surface area (Å²) in [5, 5.41) is 15.1. The summed E-state index contributed by atoms with van der Waals surface area (Å²) in [5.74, 6) is -0.752. The van der Waals surface area contributed by atoms with E-state index in [0.717, 1.165) is 32.2 Å². The molecule has 0 saturated carbocycles. The van der Waals surface area contributed by atoms with Gasteiger partial charge < -0.3 is 15.0 Å². The predicted octanol–water partition coefficient (Wildman–Crippen LogP) is 3.41. The minimum absolute atomic E-state index is 0.0332. The third-order valence-corrected chi connectivity index (χ3v) is 6.90. The average Bonchev–Trinajstić information content (AvgIpc) is 3.49. The molecule has 1 saturated heterocycles. The van der Waals surface area contributed by atoms with Gasteiger partial charge in [0.25, 0.3) is 5.91 Å². The number of aromatic nitrogens is 2. The number of carbonyl (C=O) groups excluding carboxylic acids is 1. The minimum atomic E-state index is -3.69. The fraction of sp³-hybridized carbons (Fsp3) is 0.292. The fourth-order valence-electron chi connectivity index (χ4n) is 4.01. The Labute approximate surface area is 202 Å². The Bertz CT molecular complexity index is 1410. The molecular weight excluding hydrogens is 473 g/mol. The number of hydrogen-bond donors (Lipinski definition) is 2. The van der Waals surface area contributed by atoms with Crippen LogP contribution >= 0.6 is 0 Å². The van der Waals surface area contributed by atoms with Gasteiger partial charge in [-0.15, -0.1) is 0 Å². The lowest BCUT2D eigenvalue weighted by atomic mass is 10.1. The number of anilines is 1. The number of likely N-dealkylation sites (tertiary alicyclic amines) is 1. The first kappa shape index (κ1) is 24.4. The number of amidine groups is 1. The zero-order valence-electron chi connectivity index (χ0n) is 19.6. The number of nitrogens with one attached hydrogen (secondary N) is 2. The van der Waals surface area contributed by atoms with Gasteiger partial charge in [-0.2, -0.15) is 5.10 Å². The van der Waals surface area contributed by atoms with Crippen molar-refractivity contribution in [1.29, 1.82) is 5.41 Å². The van der Waals surface area contributed by atoms with Gasteiger partial charge in [0.2, 0.25) is 0 Å². The van der Waals surface area contributed by atoms with Gasteiger partial charge in [0.05, 0.1) is 29.1 Å². The molecule has 2 aromatic carbocycles. The Morgan fingerprint density at radius 1 is 1.14 bits per heavy atom. The standard InChI is InChI=1S/C24H26FN5O4S/c1-15-12-21(30(28-15)20-9-7-17(34-2)14-22(20)35(3,32)33)24(31)27-19-8-6-16(13-18(19)25)23(26)29-10-4-5-11-29/h6-9,12-14,26H,4-5,10-11H2,1-3H3,(H,27,31). The van der Waals surface area contributed by atoms with Crippen LogP contribution in [0.2, 0.25) is 0 Å². The number of ether oxygens (including phenoxy) is 1. The molecule has 9 nitrogen and oxygen atoms in total. The Balaban J connectivity index is 1.65. The van der Waals surface area contributed by atoms with Crippen molar-refractivity contribution in [2.75, 3.05) is 31.8 Å². The average molecular weight is 500 g/mol. The molecule has 1 aliphatic rings. The van der Waals surface area contributed by atoms with Crippen LogP contribution in [0, 0.1) is 18.2 Å². The highest BCUT2D eigenvalue weighted by Gasteiger charge is 2.23. The Morgan fingerprint density at radius 2 is 1.86 bits per heavy atom. The molecule has 1 aromatic heterocycles. The number of halogens is 1. The van der Waals surface area contributed by atoms with Crippen molar-refractivity contribution in [1.82, 2.24) is 14.7 Å². The topological polar surface area (TPSA) is 117 Å². The molecule has 2 heterocycles. The third kappa shape index (κ3) is 5.04. The van der Waals surface area contributed by atoms with E-state index < -0.39 is 21.6 Å². The number of amides is 1. The number of methoxy groups -OCH3 is 1. The summed E-state index contributed by atoms with van der Waals surface area (Å²) in [7, 11) is -2.27. The van der Waals surface area contributed by atoms with E-state index in [9.17, 15) is 17.6 Å². The fourth-order valence-corrected chi connectivity index (χ4v) is 4.88. The summed E-state index contributed by atoms with van der Waals surface area (Å²) < 4.78 is 46.1. The summed E-state index contributed by atoms with van der Waals surface area (Å²) in [6.45, 7) is 3.20. The highest BCUT2D eigenvalue weighted by molar-refractivity contribution is 7.90. The zero-order valence-corrected chi connectivity index (χ0v) is 20.4. The predicted molar refractivity (Wildman–Crippen MR) is 130 cm³/mol. The van der Waals surface area contributed by atoms with E-state index in [-0.39, 0.29) is 27.8 Å². The van der Waals surface area contributed by atoms with Crippen LogP contribution in [0.3, 0.4) is 0 Å². The first-order chi connectivity index (χ1) is 16.6. The smallest absolute Gasteiger partial charge is 0.274 e. The lowest BCUT2D eigenvalue weighted by Crippen LogP contribution is -2.27. The van der Waals surface area contributed by atoms with E-state index in [0.29, 0.717) is 17.0 Å². The van der Waals surface area contributed by atoms with Crippen molar-refractivity contribution >= 4 is 27.3 Å². The van der Waals surface area contributed by atoms with Crippen LogP contribution in [-0.2, 0) is 9.84 Å². The van der Waals surface area contributed by atoms with Crippen LogP contribution in [0.5, 0.6) is 5.75 Å². The van der Waals surface area contributed by atoms with Crippen molar-refractivity contribution < 1.29 is 22.3 Å². The van der Waals surface area contributed by atoms with Crippen LogP contribution in [0.25, 0.3) is 5.69 Å². The molecule has 0 bridgehead atoms. The number of nitrogens with zero attached hydrogens (tertiary/aromatic N) is 3. The molecule has 1 fully saturated rings. The van der Waals surface area contributed by atoms with Crippen molar-refractivity contribution in [3.63, 3.8) is 0 Å². The maximum Gasteiger partial charge on any atom is 0.274 e. The summed E-state index contributed by atoms with van der Waals surface area (Å²) in [6.07, 6.45) is 3.06. The van der Waals surface area contributed by atoms with Gasteiger partial charge in [-0.25, -0.2) is 17.5 Å². The van der Waals surface area contributed by atoms with Gasteiger partial charge in [0.1, 0.15) is 23.1 Å². The zero-order chi connectivity index (χ0) is 25.3. The SMILES string of the molecule is COc1ccc(-n2nc(C)cc2C(=O)Nc2ccc(C(=N)N3CCCC3)cc2F)c(S(C)(=O)=O)c1. The molecule has 0 radical (unpaired) electrons. The second kappa shape index (κ2) is 9.49. The molecule has 11 heteroatoms. The summed E-state index contributed by atoms with van der Waals surface area (Å²) in [6, 6.07) is 10.1. The molecule has 0 atom stereocenters. The lowest BCUT2D eigenvalue weighted by molar-refractivity contribution is 0.101. The van der Waals surface area contributed by atoms with Gasteiger partial charge in [-0.3, -0.25) is 10.2 Å². The quantitative estimate of drug-likeness (QED) is 0.397. The van der Waals surface area contributed by atoms with Crippen molar-refractivity contribution in [2.24, 2.45) is 0 Å². The highest BCUT2D eigenvalue weighted by atomic mass is 32.2. The minimum Gasteiger partial charge on any atom is -0.497 e. The van der Waals surface area contributed by atoms with Crippen molar-refractivity contribution in [3.05, 3.63) is 65.2 Å². The molecule has 2 N–H and O–H groups in total. The van der Waals surface area contributed by atoms with Gasteiger partial charge in [-0.05, 0) is 56.2 Å². The second-order valence-corrected chi connectivity index (χ2v) is 10.4. The third-order valence-electron chi connectivity index (χ3n) is 5.77. The molecule has 184 valence electrons. The number of sulfone groups is 1. The van der Waals surface area contributed by atoms with Crippen LogP contribution in [0.1, 0.15) is 34.6 Å². The van der Waals surface area contributed by atoms with Crippen molar-refractivity contribution in [3.8, 4) is 11.4 Å². The second-order valence-electron chi connectivity index (χ2n) is 8.38. The Morgan fingerprint density at radius 3 is 2.49 bits per heavy atom. The highest BCUT2D eigenvalue weighted by Crippen LogP contribution is 2.27. The number of hydrogen-bond acceptors (Lipinski definition) is 6. The summed E-state index contributed by atoms with van der Waals surface area (Å²) in [5.41, 5.74) is 1.04. The number of benzene rings is 2. The first-order valence-electron chi connectivity index (χ1n) is 11.0. The first-order valence-corrected chi connectivity index (χ1v) is 12.9. The van der Waals surface area contributed by atoms with Gasteiger partial charge in [0.15, 0.2) is 9.84 Å². The van der Waals surface area contributed by atoms with Crippen LogP contribution in [0.4, 0.5) is 10.1 Å². The Hall–Kier alpha value is -3.73. The molecule has 0 aliphatic carbocycles. The molecule has 1 amide bonds. The van der Waals surface area contributed by atoms with Gasteiger partial charge in [0, 0.05) is 31.0 Å². The monoisotopic (exact) mass is 499 g/mol. The largest absolute Gasteiger partial charge is 0.497 e. The van der Waals surface area contributed by atoms with Crippen LogP contribution in [0.15, 0.2) is 47.4 Å². The van der Waals surface area contributed by atoms with E-state index >= 15 is 0 Å². The maximum atomic E-state index is 14.9.